The molecular formula is C13H17N3. The Morgan fingerprint density at radius 1 is 1.56 bits per heavy atom. The van der Waals surface area contributed by atoms with Gasteiger partial charge in [-0.25, -0.2) is 4.98 Å². The molecule has 2 aromatic heterocycles. The van der Waals surface area contributed by atoms with Crippen LogP contribution in [0.25, 0.3) is 11.0 Å². The minimum atomic E-state index is 0.396. The molecule has 3 heteroatoms. The van der Waals surface area contributed by atoms with Crippen LogP contribution < -0.4 is 5.32 Å². The summed E-state index contributed by atoms with van der Waals surface area (Å²) in [5.41, 5.74) is 2.30. The first-order valence-corrected chi connectivity index (χ1v) is 5.94. The van der Waals surface area contributed by atoms with Crippen molar-refractivity contribution < 1.29 is 0 Å². The van der Waals surface area contributed by atoms with Crippen molar-refractivity contribution in [1.29, 1.82) is 0 Å². The van der Waals surface area contributed by atoms with Gasteiger partial charge in [-0.1, -0.05) is 6.92 Å². The van der Waals surface area contributed by atoms with Crippen molar-refractivity contribution in [2.75, 3.05) is 0 Å². The first-order chi connectivity index (χ1) is 7.75. The van der Waals surface area contributed by atoms with Crippen molar-refractivity contribution in [2.24, 2.45) is 5.92 Å². The molecule has 0 aliphatic heterocycles. The third-order valence-electron chi connectivity index (χ3n) is 3.52. The number of H-pyrrole nitrogens is 1. The average molecular weight is 215 g/mol. The summed E-state index contributed by atoms with van der Waals surface area (Å²) in [5, 5.41) is 4.88. The fourth-order valence-corrected chi connectivity index (χ4v) is 2.30. The first kappa shape index (κ1) is 9.85. The maximum atomic E-state index is 4.31. The van der Waals surface area contributed by atoms with Crippen LogP contribution in [0.4, 0.5) is 0 Å². The summed E-state index contributed by atoms with van der Waals surface area (Å²) in [7, 11) is 0. The highest BCUT2D eigenvalue weighted by Crippen LogP contribution is 2.32. The predicted octanol–water partition coefficient (Wildman–Crippen LogP) is 2.62. The van der Waals surface area contributed by atoms with Crippen LogP contribution in [-0.4, -0.2) is 16.0 Å². The Balaban J connectivity index is 1.87. The summed E-state index contributed by atoms with van der Waals surface area (Å²) in [6.07, 6.45) is 5.21. The molecule has 2 aromatic rings. The van der Waals surface area contributed by atoms with E-state index < -0.39 is 0 Å². The molecule has 0 amide bonds. The van der Waals surface area contributed by atoms with E-state index in [4.69, 9.17) is 0 Å². The number of rotatable bonds is 3. The molecule has 0 bridgehead atoms. The van der Waals surface area contributed by atoms with Crippen LogP contribution in [0.1, 0.15) is 31.9 Å². The summed E-state index contributed by atoms with van der Waals surface area (Å²) >= 11 is 0. The second-order valence-corrected chi connectivity index (χ2v) is 4.85. The van der Waals surface area contributed by atoms with Crippen molar-refractivity contribution in [3.05, 3.63) is 30.1 Å². The minimum Gasteiger partial charge on any atom is -0.346 e. The van der Waals surface area contributed by atoms with E-state index in [0.717, 1.165) is 11.6 Å². The lowest BCUT2D eigenvalue weighted by Gasteiger charge is -2.12. The topological polar surface area (TPSA) is 40.7 Å². The second-order valence-electron chi connectivity index (χ2n) is 4.85. The Hall–Kier alpha value is -1.35. The summed E-state index contributed by atoms with van der Waals surface area (Å²) in [4.78, 5) is 7.53. The number of hydrogen-bond donors (Lipinski definition) is 2. The van der Waals surface area contributed by atoms with Gasteiger partial charge in [0.2, 0.25) is 0 Å². The molecule has 0 spiro atoms. The van der Waals surface area contributed by atoms with Crippen molar-refractivity contribution >= 4 is 11.0 Å². The van der Waals surface area contributed by atoms with E-state index in [-0.39, 0.29) is 0 Å². The average Bonchev–Trinajstić information content (AvgIpc) is 2.82. The third kappa shape index (κ3) is 1.61. The molecule has 1 aliphatic carbocycles. The van der Waals surface area contributed by atoms with Crippen molar-refractivity contribution in [2.45, 2.75) is 32.4 Å². The highest BCUT2D eigenvalue weighted by atomic mass is 15.0. The van der Waals surface area contributed by atoms with Gasteiger partial charge < -0.3 is 10.3 Å². The molecule has 3 nitrogen and oxygen atoms in total. The maximum Gasteiger partial charge on any atom is 0.137 e. The Bertz CT molecular complexity index is 503. The standard InChI is InChI=1S/C13H17N3/c1-8-6-12(8)16-9(2)11-7-15-13-10(11)4-3-5-14-13/h3-5,7-9,12,16H,6H2,1-2H3,(H,14,15). The molecule has 16 heavy (non-hydrogen) atoms. The predicted molar refractivity (Wildman–Crippen MR) is 65.2 cm³/mol. The Kier molecular flexibility index (Phi) is 2.21. The maximum absolute atomic E-state index is 4.31. The second kappa shape index (κ2) is 3.59. The van der Waals surface area contributed by atoms with Crippen LogP contribution in [0.5, 0.6) is 0 Å². The summed E-state index contributed by atoms with van der Waals surface area (Å²) in [6, 6.07) is 5.22. The van der Waals surface area contributed by atoms with Crippen LogP contribution in [0.2, 0.25) is 0 Å². The molecule has 2 heterocycles. The smallest absolute Gasteiger partial charge is 0.137 e. The van der Waals surface area contributed by atoms with Gasteiger partial charge in [0.15, 0.2) is 0 Å². The SMILES string of the molecule is CC(NC1CC1C)c1c[nH]c2ncccc12. The highest BCUT2D eigenvalue weighted by molar-refractivity contribution is 5.79. The number of nitrogens with one attached hydrogen (secondary N) is 2. The molecule has 1 saturated carbocycles. The molecule has 1 aliphatic rings. The lowest BCUT2D eigenvalue weighted by atomic mass is 10.1. The van der Waals surface area contributed by atoms with Crippen molar-refractivity contribution in [3.8, 4) is 0 Å². The Labute approximate surface area is 95.3 Å². The highest BCUT2D eigenvalue weighted by Gasteiger charge is 2.33. The van der Waals surface area contributed by atoms with Gasteiger partial charge in [-0.3, -0.25) is 0 Å². The molecule has 3 atom stereocenters. The van der Waals surface area contributed by atoms with Gasteiger partial charge in [0.05, 0.1) is 0 Å². The molecule has 0 radical (unpaired) electrons. The molecule has 0 aromatic carbocycles. The van der Waals surface area contributed by atoms with Crippen LogP contribution in [0.3, 0.4) is 0 Å². The summed E-state index contributed by atoms with van der Waals surface area (Å²) < 4.78 is 0. The van der Waals surface area contributed by atoms with E-state index in [0.29, 0.717) is 12.1 Å². The Morgan fingerprint density at radius 3 is 3.12 bits per heavy atom. The number of aromatic nitrogens is 2. The summed E-state index contributed by atoms with van der Waals surface area (Å²) in [5.74, 6) is 0.839. The monoisotopic (exact) mass is 215 g/mol. The molecule has 0 saturated heterocycles. The van der Waals surface area contributed by atoms with E-state index in [1.165, 1.54) is 17.4 Å². The van der Waals surface area contributed by atoms with Gasteiger partial charge in [-0.15, -0.1) is 0 Å². The molecule has 2 N–H and O–H groups in total. The largest absolute Gasteiger partial charge is 0.346 e. The Morgan fingerprint density at radius 2 is 2.38 bits per heavy atom. The van der Waals surface area contributed by atoms with Crippen molar-refractivity contribution in [1.82, 2.24) is 15.3 Å². The van der Waals surface area contributed by atoms with Gasteiger partial charge >= 0.3 is 0 Å². The molecule has 1 fully saturated rings. The quantitative estimate of drug-likeness (QED) is 0.826. The van der Waals surface area contributed by atoms with Gasteiger partial charge in [-0.2, -0.15) is 0 Å². The lowest BCUT2D eigenvalue weighted by molar-refractivity contribution is 0.555. The van der Waals surface area contributed by atoms with E-state index in [1.807, 2.05) is 12.3 Å². The minimum absolute atomic E-state index is 0.396. The normalized spacial score (nSPS) is 25.9. The van der Waals surface area contributed by atoms with Gasteiger partial charge in [0.1, 0.15) is 5.65 Å². The van der Waals surface area contributed by atoms with E-state index in [9.17, 15) is 0 Å². The number of aromatic amines is 1. The van der Waals surface area contributed by atoms with Gasteiger partial charge in [-0.05, 0) is 37.0 Å². The number of pyridine rings is 1. The van der Waals surface area contributed by atoms with Crippen molar-refractivity contribution in [3.63, 3.8) is 0 Å². The van der Waals surface area contributed by atoms with E-state index in [2.05, 4.69) is 41.4 Å². The van der Waals surface area contributed by atoms with Gasteiger partial charge in [0, 0.05) is 29.9 Å². The van der Waals surface area contributed by atoms with Crippen LogP contribution in [0.15, 0.2) is 24.5 Å². The lowest BCUT2D eigenvalue weighted by Crippen LogP contribution is -2.21. The molecule has 3 rings (SSSR count). The molecule has 3 unspecified atom stereocenters. The first-order valence-electron chi connectivity index (χ1n) is 5.94. The zero-order chi connectivity index (χ0) is 11.1. The zero-order valence-corrected chi connectivity index (χ0v) is 9.70. The zero-order valence-electron chi connectivity index (χ0n) is 9.70. The third-order valence-corrected chi connectivity index (χ3v) is 3.52. The van der Waals surface area contributed by atoms with Gasteiger partial charge in [0.25, 0.3) is 0 Å². The number of nitrogens with zero attached hydrogens (tertiary/aromatic N) is 1. The van der Waals surface area contributed by atoms with Crippen LogP contribution in [-0.2, 0) is 0 Å². The van der Waals surface area contributed by atoms with E-state index in [1.54, 1.807) is 0 Å². The van der Waals surface area contributed by atoms with E-state index >= 15 is 0 Å². The number of fused-ring (bicyclic) bond motifs is 1. The molecule has 84 valence electrons. The fourth-order valence-electron chi connectivity index (χ4n) is 2.30. The number of hydrogen-bond acceptors (Lipinski definition) is 2. The summed E-state index contributed by atoms with van der Waals surface area (Å²) in [6.45, 7) is 4.52. The van der Waals surface area contributed by atoms with Crippen LogP contribution >= 0.6 is 0 Å². The molecular weight excluding hydrogens is 198 g/mol. The fraction of sp³-hybridized carbons (Fsp3) is 0.462. The van der Waals surface area contributed by atoms with Crippen LogP contribution in [0, 0.1) is 5.92 Å².